The number of rotatable bonds is 0. The van der Waals surface area contributed by atoms with Gasteiger partial charge in [0.2, 0.25) is 0 Å². The van der Waals surface area contributed by atoms with Crippen molar-refractivity contribution in [3.8, 4) is 22.3 Å². The third-order valence-corrected chi connectivity index (χ3v) is 13.8. The van der Waals surface area contributed by atoms with E-state index in [1.807, 2.05) is 11.8 Å². The zero-order chi connectivity index (χ0) is 32.7. The Morgan fingerprint density at radius 2 is 0.844 bits per heavy atom. The summed E-state index contributed by atoms with van der Waals surface area (Å²) in [6, 6.07) is 4.96. The van der Waals surface area contributed by atoms with Crippen LogP contribution in [-0.2, 0) is 10.8 Å². The van der Waals surface area contributed by atoms with Crippen molar-refractivity contribution in [1.29, 1.82) is 0 Å². The molecule has 0 saturated carbocycles. The van der Waals surface area contributed by atoms with E-state index >= 15 is 0 Å². The van der Waals surface area contributed by atoms with Crippen LogP contribution in [0.5, 0.6) is 0 Å². The molecule has 0 fully saturated rings. The van der Waals surface area contributed by atoms with E-state index in [1.165, 1.54) is 122 Å². The average molecular weight is 609 g/mol. The highest BCUT2D eigenvalue weighted by molar-refractivity contribution is 8.02. The molecule has 45 heavy (non-hydrogen) atoms. The van der Waals surface area contributed by atoms with E-state index in [-0.39, 0.29) is 5.41 Å². The SMILES string of the molecule is Cc1c(C)c(C)c2c(c1C)-c1c(C)c(C)c(C)c(C)c1C1(C=CSc3c1ccc1c3C=CC1(C)C)c1c(C)c(C)c(C)c(C)c1-2. The van der Waals surface area contributed by atoms with Crippen molar-refractivity contribution >= 4 is 17.8 Å². The predicted molar refractivity (Wildman–Crippen MR) is 198 cm³/mol. The van der Waals surface area contributed by atoms with E-state index in [4.69, 9.17) is 0 Å². The largest absolute Gasteiger partial charge is 0.0974 e. The molecule has 1 heteroatoms. The van der Waals surface area contributed by atoms with Crippen molar-refractivity contribution in [2.45, 2.75) is 113 Å². The lowest BCUT2D eigenvalue weighted by atomic mass is 9.62. The van der Waals surface area contributed by atoms with Crippen LogP contribution in [0.1, 0.15) is 108 Å². The third-order valence-electron chi connectivity index (χ3n) is 12.8. The van der Waals surface area contributed by atoms with Crippen LogP contribution < -0.4 is 0 Å². The number of allylic oxidation sites excluding steroid dienone is 2. The van der Waals surface area contributed by atoms with Gasteiger partial charge in [-0.3, -0.25) is 0 Å². The second-order valence-electron chi connectivity index (χ2n) is 14.9. The Morgan fingerprint density at radius 3 is 1.31 bits per heavy atom. The topological polar surface area (TPSA) is 0 Å². The second-order valence-corrected chi connectivity index (χ2v) is 15.9. The summed E-state index contributed by atoms with van der Waals surface area (Å²) in [4.78, 5) is 1.42. The number of benzene rings is 4. The van der Waals surface area contributed by atoms with E-state index in [0.717, 1.165) is 0 Å². The maximum absolute atomic E-state index is 2.59. The minimum atomic E-state index is -0.429. The maximum Gasteiger partial charge on any atom is 0.0668 e. The Bertz CT molecular complexity index is 2000. The van der Waals surface area contributed by atoms with Gasteiger partial charge in [-0.2, -0.15) is 0 Å². The first-order chi connectivity index (χ1) is 21.1. The van der Waals surface area contributed by atoms with E-state index in [9.17, 15) is 0 Å². The van der Waals surface area contributed by atoms with Crippen LogP contribution in [0.25, 0.3) is 28.3 Å². The Labute approximate surface area is 276 Å². The Hall–Kier alpha value is -3.29. The van der Waals surface area contributed by atoms with Crippen LogP contribution in [0.3, 0.4) is 0 Å². The van der Waals surface area contributed by atoms with E-state index in [1.54, 1.807) is 0 Å². The lowest BCUT2D eigenvalue weighted by molar-refractivity contribution is 0.676. The van der Waals surface area contributed by atoms with Gasteiger partial charge in [-0.25, -0.2) is 0 Å². The molecule has 1 spiro atoms. The standard InChI is InChI=1S/C44H48S/c1-21-22(2)28(8)37-36(27(21)7)38-29(9)23(3)25(5)31(11)40(38)44(41-32(12)26(6)24(4)30(10)39(37)41)19-20-45-42-33-17-18-43(13,14)34(33)15-16-35(42)44/h15-20H,1-14H3. The van der Waals surface area contributed by atoms with Crippen molar-refractivity contribution in [3.05, 3.63) is 124 Å². The number of hydrogen-bond acceptors (Lipinski definition) is 1. The van der Waals surface area contributed by atoms with Gasteiger partial charge in [0.25, 0.3) is 0 Å². The van der Waals surface area contributed by atoms with Gasteiger partial charge in [0.05, 0.1) is 5.41 Å². The summed E-state index contributed by atoms with van der Waals surface area (Å²) < 4.78 is 0. The molecule has 4 aromatic carbocycles. The summed E-state index contributed by atoms with van der Waals surface area (Å²) >= 11 is 1.92. The van der Waals surface area contributed by atoms with Crippen LogP contribution in [0.15, 0.2) is 34.6 Å². The fourth-order valence-electron chi connectivity index (χ4n) is 9.17. The molecule has 0 saturated heterocycles. The quantitative estimate of drug-likeness (QED) is 0.191. The van der Waals surface area contributed by atoms with Crippen LogP contribution in [0, 0.1) is 83.1 Å². The van der Waals surface area contributed by atoms with Gasteiger partial charge in [0.1, 0.15) is 0 Å². The Morgan fingerprint density at radius 1 is 0.444 bits per heavy atom. The number of fused-ring (bicyclic) bond motifs is 11. The molecule has 0 atom stereocenters. The molecule has 4 aromatic rings. The average Bonchev–Trinajstić information content (AvgIpc) is 3.27. The predicted octanol–water partition coefficient (Wildman–Crippen LogP) is 12.3. The minimum Gasteiger partial charge on any atom is -0.0974 e. The van der Waals surface area contributed by atoms with Gasteiger partial charge >= 0.3 is 0 Å². The van der Waals surface area contributed by atoms with Gasteiger partial charge in [-0.15, -0.1) is 0 Å². The second kappa shape index (κ2) is 9.62. The fraction of sp³-hybridized carbons (Fsp3) is 0.364. The Balaban J connectivity index is 1.85. The highest BCUT2D eigenvalue weighted by atomic mass is 32.2. The zero-order valence-corrected chi connectivity index (χ0v) is 30.7. The first-order valence-corrected chi connectivity index (χ1v) is 17.5. The molecule has 2 aliphatic carbocycles. The van der Waals surface area contributed by atoms with Crippen LogP contribution in [-0.4, -0.2) is 0 Å². The normalized spacial score (nSPS) is 16.3. The van der Waals surface area contributed by atoms with Gasteiger partial charge in [0.15, 0.2) is 0 Å². The number of thioether (sulfide) groups is 1. The fourth-order valence-corrected chi connectivity index (χ4v) is 10.2. The summed E-state index contributed by atoms with van der Waals surface area (Å²) in [6.07, 6.45) is 7.39. The first-order valence-electron chi connectivity index (χ1n) is 16.6. The molecule has 0 N–H and O–H groups in total. The molecule has 0 amide bonds. The molecular formula is C44H48S. The third kappa shape index (κ3) is 3.57. The molecule has 7 rings (SSSR count). The van der Waals surface area contributed by atoms with E-state index in [2.05, 4.69) is 133 Å². The molecule has 1 aliphatic heterocycles. The molecule has 0 bridgehead atoms. The summed E-state index contributed by atoms with van der Waals surface area (Å²) in [7, 11) is 0. The van der Waals surface area contributed by atoms with Gasteiger partial charge in [-0.1, -0.05) is 56.0 Å². The molecule has 0 nitrogen and oxygen atoms in total. The van der Waals surface area contributed by atoms with Crippen LogP contribution in [0.4, 0.5) is 0 Å². The molecule has 0 unspecified atom stereocenters. The molecule has 3 aliphatic rings. The monoisotopic (exact) mass is 608 g/mol. The Kier molecular flexibility index (Phi) is 6.49. The summed E-state index contributed by atoms with van der Waals surface area (Å²) in [5, 5.41) is 2.43. The highest BCUT2D eigenvalue weighted by Gasteiger charge is 2.48. The smallest absolute Gasteiger partial charge is 0.0668 e. The van der Waals surface area contributed by atoms with Crippen molar-refractivity contribution in [1.82, 2.24) is 0 Å². The molecule has 1 heterocycles. The lowest BCUT2D eigenvalue weighted by Crippen LogP contribution is -2.33. The van der Waals surface area contributed by atoms with E-state index in [0.29, 0.717) is 0 Å². The zero-order valence-electron chi connectivity index (χ0n) is 29.9. The highest BCUT2D eigenvalue weighted by Crippen LogP contribution is 2.62. The lowest BCUT2D eigenvalue weighted by Gasteiger charge is -2.42. The molecule has 230 valence electrons. The molecular weight excluding hydrogens is 561 g/mol. The maximum atomic E-state index is 2.59. The summed E-state index contributed by atoms with van der Waals surface area (Å²) in [5.41, 5.74) is 29.7. The summed E-state index contributed by atoms with van der Waals surface area (Å²) in [6.45, 7) is 33.1. The van der Waals surface area contributed by atoms with Crippen molar-refractivity contribution in [2.75, 3.05) is 0 Å². The van der Waals surface area contributed by atoms with Gasteiger partial charge in [-0.05, 0) is 205 Å². The van der Waals surface area contributed by atoms with Crippen LogP contribution in [0.2, 0.25) is 0 Å². The van der Waals surface area contributed by atoms with Crippen molar-refractivity contribution in [2.24, 2.45) is 0 Å². The van der Waals surface area contributed by atoms with Gasteiger partial charge in [0, 0.05) is 10.3 Å². The van der Waals surface area contributed by atoms with Gasteiger partial charge < -0.3 is 0 Å². The summed E-state index contributed by atoms with van der Waals surface area (Å²) in [5.74, 6) is 0. The van der Waals surface area contributed by atoms with Crippen molar-refractivity contribution in [3.63, 3.8) is 0 Å². The first kappa shape index (κ1) is 30.4. The number of hydrogen-bond donors (Lipinski definition) is 0. The minimum absolute atomic E-state index is 0.0401. The van der Waals surface area contributed by atoms with Crippen molar-refractivity contribution < 1.29 is 0 Å². The van der Waals surface area contributed by atoms with Crippen LogP contribution >= 0.6 is 11.8 Å². The molecule has 0 radical (unpaired) electrons. The van der Waals surface area contributed by atoms with E-state index < -0.39 is 5.41 Å². The molecule has 0 aromatic heterocycles.